The number of aryl methyl sites for hydroxylation is 2. The lowest BCUT2D eigenvalue weighted by atomic mass is 9.89. The van der Waals surface area contributed by atoms with Crippen molar-refractivity contribution in [1.82, 2.24) is 34.7 Å². The Kier molecular flexibility index (Phi) is 7.39. The van der Waals surface area contributed by atoms with Crippen LogP contribution in [0.2, 0.25) is 0 Å². The van der Waals surface area contributed by atoms with Gasteiger partial charge in [0.1, 0.15) is 5.82 Å². The molecular formula is C34H38N8O. The molecule has 1 amide bonds. The van der Waals surface area contributed by atoms with E-state index < -0.39 is 0 Å². The molecule has 220 valence electrons. The Balaban J connectivity index is 1.05. The van der Waals surface area contributed by atoms with Crippen LogP contribution in [0.4, 0.5) is 5.82 Å². The molecule has 0 spiro atoms. The van der Waals surface area contributed by atoms with E-state index in [-0.39, 0.29) is 5.91 Å². The molecule has 5 aromatic rings. The molecular weight excluding hydrogens is 536 g/mol. The minimum Gasteiger partial charge on any atom is -0.353 e. The van der Waals surface area contributed by atoms with Crippen molar-refractivity contribution in [3.8, 4) is 22.6 Å². The molecule has 0 atom stereocenters. The van der Waals surface area contributed by atoms with E-state index in [4.69, 9.17) is 4.98 Å². The third-order valence-electron chi connectivity index (χ3n) is 9.11. The number of carbonyl (C=O) groups excluding carboxylic acids is 1. The van der Waals surface area contributed by atoms with Gasteiger partial charge in [-0.3, -0.25) is 4.79 Å². The number of anilines is 1. The molecule has 0 N–H and O–H groups in total. The van der Waals surface area contributed by atoms with Gasteiger partial charge in [-0.1, -0.05) is 61.2 Å². The third kappa shape index (κ3) is 5.40. The second-order valence-corrected chi connectivity index (χ2v) is 12.0. The van der Waals surface area contributed by atoms with E-state index in [2.05, 4.69) is 69.2 Å². The van der Waals surface area contributed by atoms with Gasteiger partial charge < -0.3 is 14.4 Å². The molecule has 0 bridgehead atoms. The van der Waals surface area contributed by atoms with Crippen LogP contribution in [0.3, 0.4) is 0 Å². The summed E-state index contributed by atoms with van der Waals surface area (Å²) < 4.78 is 2.16. The Morgan fingerprint density at radius 1 is 0.907 bits per heavy atom. The maximum Gasteiger partial charge on any atom is 0.256 e. The van der Waals surface area contributed by atoms with E-state index in [9.17, 15) is 4.79 Å². The van der Waals surface area contributed by atoms with Crippen LogP contribution >= 0.6 is 0 Å². The molecule has 9 heteroatoms. The van der Waals surface area contributed by atoms with Gasteiger partial charge in [-0.25, -0.2) is 4.98 Å². The van der Waals surface area contributed by atoms with Crippen LogP contribution < -0.4 is 4.90 Å². The van der Waals surface area contributed by atoms with Gasteiger partial charge in [0.2, 0.25) is 5.82 Å². The number of nitrogens with zero attached hydrogens (tertiary/aromatic N) is 8. The number of hydrogen-bond acceptors (Lipinski definition) is 6. The van der Waals surface area contributed by atoms with Gasteiger partial charge in [0.05, 0.1) is 17.8 Å². The summed E-state index contributed by atoms with van der Waals surface area (Å²) in [6, 6.07) is 20.6. The van der Waals surface area contributed by atoms with Crippen LogP contribution in [0.5, 0.6) is 0 Å². The molecule has 9 nitrogen and oxygen atoms in total. The zero-order valence-corrected chi connectivity index (χ0v) is 25.0. The minimum absolute atomic E-state index is 0.0837. The van der Waals surface area contributed by atoms with Crippen molar-refractivity contribution in [3.63, 3.8) is 0 Å². The first-order valence-electron chi connectivity index (χ1n) is 15.5. The van der Waals surface area contributed by atoms with Crippen LogP contribution in [0.1, 0.15) is 48.0 Å². The van der Waals surface area contributed by atoms with Gasteiger partial charge in [0.15, 0.2) is 0 Å². The number of pyridine rings is 1. The average Bonchev–Trinajstić information content (AvgIpc) is 3.63. The van der Waals surface area contributed by atoms with Gasteiger partial charge in [-0.2, -0.15) is 4.80 Å². The summed E-state index contributed by atoms with van der Waals surface area (Å²) in [4.78, 5) is 24.9. The molecule has 7 rings (SSSR count). The van der Waals surface area contributed by atoms with Gasteiger partial charge in [-0.15, -0.1) is 10.2 Å². The highest BCUT2D eigenvalue weighted by molar-refractivity contribution is 6.13. The highest BCUT2D eigenvalue weighted by atomic mass is 16.2. The lowest BCUT2D eigenvalue weighted by molar-refractivity contribution is 0.0749. The zero-order chi connectivity index (χ0) is 29.3. The molecule has 3 aromatic heterocycles. The number of tetrazole rings is 1. The molecule has 2 aliphatic rings. The van der Waals surface area contributed by atoms with E-state index in [1.54, 1.807) is 4.80 Å². The average molecular weight is 575 g/mol. The first kappa shape index (κ1) is 27.3. The largest absolute Gasteiger partial charge is 0.353 e. The van der Waals surface area contributed by atoms with Crippen molar-refractivity contribution >= 4 is 22.6 Å². The Morgan fingerprint density at radius 3 is 2.44 bits per heavy atom. The predicted molar refractivity (Wildman–Crippen MR) is 169 cm³/mol. The number of benzene rings is 2. The fourth-order valence-electron chi connectivity index (χ4n) is 6.75. The summed E-state index contributed by atoms with van der Waals surface area (Å²) in [7, 11) is 2.05. The molecule has 43 heavy (non-hydrogen) atoms. The number of amides is 1. The Morgan fingerprint density at radius 2 is 1.70 bits per heavy atom. The highest BCUT2D eigenvalue weighted by Gasteiger charge is 2.29. The number of piperazine rings is 1. The zero-order valence-electron chi connectivity index (χ0n) is 25.0. The van der Waals surface area contributed by atoms with Gasteiger partial charge in [0, 0.05) is 55.9 Å². The fourth-order valence-corrected chi connectivity index (χ4v) is 6.75. The van der Waals surface area contributed by atoms with Gasteiger partial charge in [0.25, 0.3) is 5.91 Å². The van der Waals surface area contributed by atoms with Crippen molar-refractivity contribution in [3.05, 3.63) is 78.0 Å². The Hall–Kier alpha value is -4.53. The number of hydrogen-bond donors (Lipinski definition) is 0. The molecule has 1 aliphatic heterocycles. The molecule has 2 aromatic carbocycles. The molecule has 1 saturated carbocycles. The van der Waals surface area contributed by atoms with Crippen molar-refractivity contribution < 1.29 is 4.79 Å². The quantitative estimate of drug-likeness (QED) is 0.257. The van der Waals surface area contributed by atoms with Crippen molar-refractivity contribution in [2.45, 2.75) is 45.6 Å². The summed E-state index contributed by atoms with van der Waals surface area (Å²) in [5, 5.41) is 14.2. The summed E-state index contributed by atoms with van der Waals surface area (Å²) >= 11 is 0. The lowest BCUT2D eigenvalue weighted by Crippen LogP contribution is -2.49. The maximum atomic E-state index is 14.2. The summed E-state index contributed by atoms with van der Waals surface area (Å²) in [5.74, 6) is 2.25. The predicted octanol–water partition coefficient (Wildman–Crippen LogP) is 5.74. The standard InChI is InChI=1S/C34H38N8O/c1-24-13-15-29-28(21-24)31(32(39(29)2)26-11-7-4-8-12-26)34(43)41-19-17-40(18-20-41)30-16-14-27(22-35-30)33-36-38-42(37-33)23-25-9-5-3-6-10-25/h4,7-8,11-16,21-22,25H,3,5-6,9-10,17-20,23H2,1-2H3. The van der Waals surface area contributed by atoms with E-state index in [0.717, 1.165) is 64.3 Å². The second kappa shape index (κ2) is 11.6. The van der Waals surface area contributed by atoms with Crippen molar-refractivity contribution in [2.24, 2.45) is 13.0 Å². The van der Waals surface area contributed by atoms with Crippen LogP contribution in [0, 0.1) is 12.8 Å². The number of rotatable bonds is 6. The van der Waals surface area contributed by atoms with Crippen LogP contribution in [0.25, 0.3) is 33.5 Å². The number of carbonyl (C=O) groups is 1. The van der Waals surface area contributed by atoms with E-state index >= 15 is 0 Å². The smallest absolute Gasteiger partial charge is 0.256 e. The highest BCUT2D eigenvalue weighted by Crippen LogP contribution is 2.35. The van der Waals surface area contributed by atoms with Crippen molar-refractivity contribution in [1.29, 1.82) is 0 Å². The van der Waals surface area contributed by atoms with Crippen molar-refractivity contribution in [2.75, 3.05) is 31.1 Å². The normalized spacial score (nSPS) is 16.2. The van der Waals surface area contributed by atoms with Crippen LogP contribution in [-0.4, -0.2) is 66.7 Å². The Labute approximate surface area is 252 Å². The third-order valence-corrected chi connectivity index (χ3v) is 9.11. The molecule has 1 aliphatic carbocycles. The van der Waals surface area contributed by atoms with Crippen LogP contribution in [0.15, 0.2) is 66.9 Å². The Bertz CT molecular complexity index is 1730. The molecule has 0 radical (unpaired) electrons. The molecule has 1 saturated heterocycles. The second-order valence-electron chi connectivity index (χ2n) is 12.0. The summed E-state index contributed by atoms with van der Waals surface area (Å²) in [5.41, 5.74) is 5.88. The minimum atomic E-state index is 0.0837. The summed E-state index contributed by atoms with van der Waals surface area (Å²) in [6.07, 6.45) is 8.28. The molecule has 4 heterocycles. The monoisotopic (exact) mass is 574 g/mol. The van der Waals surface area contributed by atoms with E-state index in [0.29, 0.717) is 24.8 Å². The van der Waals surface area contributed by atoms with Gasteiger partial charge >= 0.3 is 0 Å². The first-order chi connectivity index (χ1) is 21.0. The fraction of sp³-hybridized carbons (Fsp3) is 0.382. The number of fused-ring (bicyclic) bond motifs is 1. The maximum absolute atomic E-state index is 14.2. The number of aromatic nitrogens is 6. The van der Waals surface area contributed by atoms with Gasteiger partial charge in [-0.05, 0) is 60.7 Å². The first-order valence-corrected chi connectivity index (χ1v) is 15.5. The van der Waals surface area contributed by atoms with E-state index in [1.165, 1.54) is 32.1 Å². The summed E-state index contributed by atoms with van der Waals surface area (Å²) in [6.45, 7) is 5.63. The van der Waals surface area contributed by atoms with Crippen LogP contribution in [-0.2, 0) is 13.6 Å². The SMILES string of the molecule is Cc1ccc2c(c1)c(C(=O)N1CCN(c3ccc(-c4nnn(CC5CCCCC5)n4)cn3)CC1)c(-c1ccccc1)n2C. The van der Waals surface area contributed by atoms with E-state index in [1.807, 2.05) is 41.4 Å². The molecule has 0 unspecified atom stereocenters. The molecule has 2 fully saturated rings. The topological polar surface area (TPSA) is 85.0 Å². The lowest BCUT2D eigenvalue weighted by Gasteiger charge is -2.35.